The van der Waals surface area contributed by atoms with E-state index >= 15 is 0 Å². The second-order valence-corrected chi connectivity index (χ2v) is 6.92. The Labute approximate surface area is 147 Å². The molecule has 2 saturated heterocycles. The third kappa shape index (κ3) is 3.39. The molecule has 2 aromatic rings. The van der Waals surface area contributed by atoms with Gasteiger partial charge < -0.3 is 19.5 Å². The monoisotopic (exact) mass is 340 g/mol. The van der Waals surface area contributed by atoms with Gasteiger partial charge in [-0.1, -0.05) is 35.5 Å². The number of nitrogens with zero attached hydrogens (tertiary/aromatic N) is 3. The third-order valence-electron chi connectivity index (χ3n) is 5.18. The quantitative estimate of drug-likeness (QED) is 0.687. The number of benzene rings is 1. The van der Waals surface area contributed by atoms with Gasteiger partial charge in [-0.2, -0.15) is 0 Å². The first-order chi connectivity index (χ1) is 12.3. The second-order valence-electron chi connectivity index (χ2n) is 6.92. The second kappa shape index (κ2) is 6.88. The summed E-state index contributed by atoms with van der Waals surface area (Å²) in [6.07, 6.45) is 2.33. The Morgan fingerprint density at radius 3 is 2.96 bits per heavy atom. The molecule has 3 heterocycles. The standard InChI is InChI=1S/C19H24N4O2/c1-20-18(23-9-7-19(13-23)8-10-24-14-19)21-12-16-11-17(22-25-16)15-5-3-2-4-6-15/h2-6,11H,7-10,12-14H2,1H3,(H,20,21). The van der Waals surface area contributed by atoms with Gasteiger partial charge in [0.1, 0.15) is 5.69 Å². The average Bonchev–Trinajstić information content (AvgIpc) is 3.39. The van der Waals surface area contributed by atoms with Gasteiger partial charge in [0.2, 0.25) is 0 Å². The van der Waals surface area contributed by atoms with E-state index in [0.29, 0.717) is 12.0 Å². The molecule has 132 valence electrons. The van der Waals surface area contributed by atoms with Crippen LogP contribution in [-0.2, 0) is 11.3 Å². The first kappa shape index (κ1) is 16.1. The highest BCUT2D eigenvalue weighted by molar-refractivity contribution is 5.80. The van der Waals surface area contributed by atoms with E-state index in [9.17, 15) is 0 Å². The van der Waals surface area contributed by atoms with Crippen molar-refractivity contribution >= 4 is 5.96 Å². The predicted octanol–water partition coefficient (Wildman–Crippen LogP) is 2.53. The summed E-state index contributed by atoms with van der Waals surface area (Å²) in [5.41, 5.74) is 2.24. The van der Waals surface area contributed by atoms with E-state index < -0.39 is 0 Å². The maximum atomic E-state index is 5.61. The normalized spacial score (nSPS) is 23.6. The lowest BCUT2D eigenvalue weighted by atomic mass is 9.87. The van der Waals surface area contributed by atoms with Crippen LogP contribution < -0.4 is 5.32 Å². The van der Waals surface area contributed by atoms with E-state index in [1.165, 1.54) is 6.42 Å². The maximum Gasteiger partial charge on any atom is 0.194 e. The van der Waals surface area contributed by atoms with E-state index in [1.54, 1.807) is 0 Å². The molecule has 0 aliphatic carbocycles. The molecule has 6 nitrogen and oxygen atoms in total. The van der Waals surface area contributed by atoms with Crippen molar-refractivity contribution < 1.29 is 9.26 Å². The molecule has 0 saturated carbocycles. The van der Waals surface area contributed by atoms with Crippen LogP contribution in [0.1, 0.15) is 18.6 Å². The molecule has 2 aliphatic heterocycles. The number of guanidine groups is 1. The minimum Gasteiger partial charge on any atom is -0.381 e. The minimum atomic E-state index is 0.324. The fourth-order valence-electron chi connectivity index (χ4n) is 3.73. The number of ether oxygens (including phenoxy) is 1. The smallest absolute Gasteiger partial charge is 0.194 e. The van der Waals surface area contributed by atoms with Gasteiger partial charge in [-0.3, -0.25) is 4.99 Å². The van der Waals surface area contributed by atoms with Crippen LogP contribution in [0.15, 0.2) is 45.9 Å². The zero-order chi connectivity index (χ0) is 17.1. The Bertz CT molecular complexity index is 735. The van der Waals surface area contributed by atoms with Crippen molar-refractivity contribution in [3.8, 4) is 11.3 Å². The molecule has 4 rings (SSSR count). The summed E-state index contributed by atoms with van der Waals surface area (Å²) < 4.78 is 11.1. The van der Waals surface area contributed by atoms with Crippen molar-refractivity contribution in [2.45, 2.75) is 19.4 Å². The molecule has 0 radical (unpaired) electrons. The van der Waals surface area contributed by atoms with E-state index in [1.807, 2.05) is 43.4 Å². The SMILES string of the molecule is CN=C(NCc1cc(-c2ccccc2)no1)N1CCC2(CCOC2)C1. The van der Waals surface area contributed by atoms with Crippen LogP contribution in [0.25, 0.3) is 11.3 Å². The highest BCUT2D eigenvalue weighted by Gasteiger charge is 2.42. The van der Waals surface area contributed by atoms with Crippen LogP contribution in [0.3, 0.4) is 0 Å². The Balaban J connectivity index is 1.37. The number of hydrogen-bond donors (Lipinski definition) is 1. The Morgan fingerprint density at radius 2 is 2.20 bits per heavy atom. The summed E-state index contributed by atoms with van der Waals surface area (Å²) in [5, 5.41) is 7.56. The molecule has 0 amide bonds. The zero-order valence-corrected chi connectivity index (χ0v) is 14.6. The zero-order valence-electron chi connectivity index (χ0n) is 14.6. The molecule has 1 atom stereocenters. The molecule has 1 unspecified atom stereocenters. The molecular weight excluding hydrogens is 316 g/mol. The summed E-state index contributed by atoms with van der Waals surface area (Å²) in [6, 6.07) is 12.0. The van der Waals surface area contributed by atoms with Crippen molar-refractivity contribution in [2.75, 3.05) is 33.4 Å². The lowest BCUT2D eigenvalue weighted by Gasteiger charge is -2.24. The van der Waals surface area contributed by atoms with Gasteiger partial charge in [-0.05, 0) is 12.8 Å². The Kier molecular flexibility index (Phi) is 4.44. The average molecular weight is 340 g/mol. The van der Waals surface area contributed by atoms with E-state index in [2.05, 4.69) is 20.4 Å². The highest BCUT2D eigenvalue weighted by Crippen LogP contribution is 2.38. The molecule has 1 spiro atoms. The molecule has 2 fully saturated rings. The topological polar surface area (TPSA) is 62.9 Å². The summed E-state index contributed by atoms with van der Waals surface area (Å²) >= 11 is 0. The van der Waals surface area contributed by atoms with Crippen LogP contribution in [0.4, 0.5) is 0 Å². The van der Waals surface area contributed by atoms with Crippen molar-refractivity contribution in [1.82, 2.24) is 15.4 Å². The van der Waals surface area contributed by atoms with E-state index in [0.717, 1.165) is 55.7 Å². The first-order valence-electron chi connectivity index (χ1n) is 8.82. The lowest BCUT2D eigenvalue weighted by molar-refractivity contribution is 0.156. The number of aromatic nitrogens is 1. The third-order valence-corrected chi connectivity index (χ3v) is 5.18. The minimum absolute atomic E-state index is 0.324. The fourth-order valence-corrected chi connectivity index (χ4v) is 3.73. The number of rotatable bonds is 3. The van der Waals surface area contributed by atoms with Gasteiger partial charge in [0.05, 0.1) is 13.2 Å². The van der Waals surface area contributed by atoms with Gasteiger partial charge in [0, 0.05) is 43.8 Å². The molecular formula is C19H24N4O2. The van der Waals surface area contributed by atoms with E-state index in [4.69, 9.17) is 9.26 Å². The summed E-state index contributed by atoms with van der Waals surface area (Å²) in [5.74, 6) is 1.72. The molecule has 0 bridgehead atoms. The summed E-state index contributed by atoms with van der Waals surface area (Å²) in [7, 11) is 1.83. The van der Waals surface area contributed by atoms with Crippen LogP contribution in [0.5, 0.6) is 0 Å². The van der Waals surface area contributed by atoms with Gasteiger partial charge >= 0.3 is 0 Å². The van der Waals surface area contributed by atoms with Crippen LogP contribution >= 0.6 is 0 Å². The highest BCUT2D eigenvalue weighted by atomic mass is 16.5. The maximum absolute atomic E-state index is 5.61. The largest absolute Gasteiger partial charge is 0.381 e. The van der Waals surface area contributed by atoms with Gasteiger partial charge in [-0.15, -0.1) is 0 Å². The fraction of sp³-hybridized carbons (Fsp3) is 0.474. The van der Waals surface area contributed by atoms with Crippen molar-refractivity contribution in [1.29, 1.82) is 0 Å². The van der Waals surface area contributed by atoms with Crippen LogP contribution in [-0.4, -0.2) is 49.4 Å². The number of aliphatic imine (C=N–C) groups is 1. The van der Waals surface area contributed by atoms with Crippen molar-refractivity contribution in [3.63, 3.8) is 0 Å². The van der Waals surface area contributed by atoms with Crippen LogP contribution in [0.2, 0.25) is 0 Å². The van der Waals surface area contributed by atoms with Gasteiger partial charge in [0.15, 0.2) is 11.7 Å². The van der Waals surface area contributed by atoms with Crippen molar-refractivity contribution in [2.24, 2.45) is 10.4 Å². The molecule has 1 N–H and O–H groups in total. The van der Waals surface area contributed by atoms with E-state index in [-0.39, 0.29) is 0 Å². The molecule has 25 heavy (non-hydrogen) atoms. The number of nitrogens with one attached hydrogen (secondary N) is 1. The number of likely N-dealkylation sites (tertiary alicyclic amines) is 1. The molecule has 2 aliphatic rings. The lowest BCUT2D eigenvalue weighted by Crippen LogP contribution is -2.41. The number of hydrogen-bond acceptors (Lipinski definition) is 4. The molecule has 6 heteroatoms. The Hall–Kier alpha value is -2.34. The molecule has 1 aromatic carbocycles. The summed E-state index contributed by atoms with van der Waals surface area (Å²) in [6.45, 7) is 4.38. The summed E-state index contributed by atoms with van der Waals surface area (Å²) in [4.78, 5) is 6.76. The van der Waals surface area contributed by atoms with Gasteiger partial charge in [-0.25, -0.2) is 0 Å². The van der Waals surface area contributed by atoms with Crippen molar-refractivity contribution in [3.05, 3.63) is 42.2 Å². The van der Waals surface area contributed by atoms with Gasteiger partial charge in [0.25, 0.3) is 0 Å². The molecule has 1 aromatic heterocycles. The predicted molar refractivity (Wildman–Crippen MR) is 96.2 cm³/mol. The first-order valence-corrected chi connectivity index (χ1v) is 8.82. The van der Waals surface area contributed by atoms with Crippen LogP contribution in [0, 0.1) is 5.41 Å². The Morgan fingerprint density at radius 1 is 1.32 bits per heavy atom.